The van der Waals surface area contributed by atoms with Crippen molar-refractivity contribution in [2.75, 3.05) is 31.3 Å². The van der Waals surface area contributed by atoms with Crippen LogP contribution in [0.15, 0.2) is 43.7 Å². The average molecular weight is 884 g/mol. The summed E-state index contributed by atoms with van der Waals surface area (Å²) in [6.45, 7) is -1.54. The Morgan fingerprint density at radius 2 is 1.47 bits per heavy atom. The van der Waals surface area contributed by atoms with Crippen LogP contribution in [0, 0.1) is 13.8 Å². The maximum atomic E-state index is 14.4. The average Bonchev–Trinajstić information content (AvgIpc) is 3.74. The van der Waals surface area contributed by atoms with Crippen molar-refractivity contribution in [3.8, 4) is 0 Å². The predicted octanol–water partition coefficient (Wildman–Crippen LogP) is -1.24. The van der Waals surface area contributed by atoms with Crippen molar-refractivity contribution in [3.63, 3.8) is 0 Å². The molecular weight excluding hydrogens is 838 g/mol. The van der Waals surface area contributed by atoms with Gasteiger partial charge >= 0.3 is 18.2 Å². The van der Waals surface area contributed by atoms with E-state index in [1.807, 2.05) is 0 Å². The van der Waals surface area contributed by atoms with Crippen molar-refractivity contribution in [2.45, 2.75) is 100 Å². The second-order valence-electron chi connectivity index (χ2n) is 13.4. The number of H-pyrrole nitrogens is 2. The number of aliphatic hydroxyl groups is 5. The van der Waals surface area contributed by atoms with E-state index in [-0.39, 0.29) is 29.7 Å². The van der Waals surface area contributed by atoms with Gasteiger partial charge in [-0.2, -0.15) is 0 Å². The molecule has 318 valence electrons. The fraction of sp³-hybridized carbons (Fsp3) is 0.656. The molecule has 3 saturated heterocycles. The highest BCUT2D eigenvalue weighted by molar-refractivity contribution is 8.77. The second kappa shape index (κ2) is 20.1. The Hall–Kier alpha value is -2.55. The van der Waals surface area contributed by atoms with E-state index in [0.717, 1.165) is 31.3 Å². The summed E-state index contributed by atoms with van der Waals surface area (Å²) in [5.41, 5.74) is -2.99. The van der Waals surface area contributed by atoms with Crippen LogP contribution in [-0.4, -0.2) is 136 Å². The van der Waals surface area contributed by atoms with Crippen LogP contribution < -0.4 is 27.8 Å². The lowest BCUT2D eigenvalue weighted by Crippen LogP contribution is -2.62. The number of amides is 1. The molecule has 2 aromatic heterocycles. The lowest BCUT2D eigenvalue weighted by Gasteiger charge is -2.41. The Balaban J connectivity index is 1.25. The molecule has 57 heavy (non-hydrogen) atoms. The molecule has 3 aliphatic rings. The van der Waals surface area contributed by atoms with E-state index < -0.39 is 122 Å². The van der Waals surface area contributed by atoms with Crippen LogP contribution in [0.2, 0.25) is 0 Å². The molecular formula is C32H46N5O16PS3. The zero-order chi connectivity index (χ0) is 41.6. The topological polar surface area (TPSA) is 303 Å². The third-order valence-corrected chi connectivity index (χ3v) is 15.3. The Morgan fingerprint density at radius 1 is 0.895 bits per heavy atom. The van der Waals surface area contributed by atoms with Crippen LogP contribution in [0.5, 0.6) is 0 Å². The maximum absolute atomic E-state index is 14.4. The van der Waals surface area contributed by atoms with E-state index in [2.05, 4.69) is 15.3 Å². The molecule has 0 aliphatic carbocycles. The standard InChI is InChI=1S/C32H46N5O16PS3/c1-15-10-36(31(46)34-28(15)44)23-8-18(41)22(51-23)14-49-54(48,53-19-9-24(50-20(19)12-38)37-11-16(2)29(45)35-32(37)47)55-6-4-5-7-56-57-30-25(33-17(3)40)27(43)26(42)21(13-39)52-30/h4-5,10-11,18-27,30,38-39,41-43H,6-9,12-14H2,1-3H3,(H,33,40)(H,34,44,46)(H,35,45,47)/b5-4-/t18?,19?,20-,21?,22-,23-,24-,25?,26?,27?,30?,54?/m1/s1. The number of hydrogen-bond acceptors (Lipinski definition) is 19. The number of aromatic nitrogens is 4. The van der Waals surface area contributed by atoms with Gasteiger partial charge in [0.2, 0.25) is 5.91 Å². The summed E-state index contributed by atoms with van der Waals surface area (Å²) in [5.74, 6) is -0.0223. The number of carbonyl (C=O) groups excluding carboxylic acids is 1. The number of nitrogens with zero attached hydrogens (tertiary/aromatic N) is 2. The quantitative estimate of drug-likeness (QED) is 0.0399. The lowest BCUT2D eigenvalue weighted by molar-refractivity contribution is -0.173. The largest absolute Gasteiger partial charge is 0.394 e. The Labute approximate surface area is 336 Å². The molecule has 0 aromatic carbocycles. The molecule has 8 N–H and O–H groups in total. The van der Waals surface area contributed by atoms with E-state index in [1.54, 1.807) is 12.2 Å². The summed E-state index contributed by atoms with van der Waals surface area (Å²) >= 11 is 0.775. The highest BCUT2D eigenvalue weighted by atomic mass is 33.1. The number of rotatable bonds is 17. The molecule has 3 aliphatic heterocycles. The van der Waals surface area contributed by atoms with Crippen LogP contribution in [0.3, 0.4) is 0 Å². The molecule has 0 saturated carbocycles. The van der Waals surface area contributed by atoms with E-state index in [9.17, 15) is 54.1 Å². The first-order valence-corrected chi connectivity index (χ1v) is 23.2. The molecule has 0 radical (unpaired) electrons. The molecule has 21 nitrogen and oxygen atoms in total. The van der Waals surface area contributed by atoms with Gasteiger partial charge in [-0.15, -0.1) is 0 Å². The third kappa shape index (κ3) is 11.4. The molecule has 8 unspecified atom stereocenters. The number of hydrogen-bond donors (Lipinski definition) is 8. The molecule has 25 heteroatoms. The lowest BCUT2D eigenvalue weighted by atomic mass is 9.98. The summed E-state index contributed by atoms with van der Waals surface area (Å²) in [7, 11) is 2.44. The first kappa shape index (κ1) is 45.5. The van der Waals surface area contributed by atoms with Gasteiger partial charge in [-0.3, -0.25) is 42.5 Å². The van der Waals surface area contributed by atoms with Crippen LogP contribution in [0.4, 0.5) is 0 Å². The minimum atomic E-state index is -4.21. The van der Waals surface area contributed by atoms with Gasteiger partial charge in [0, 0.05) is 54.8 Å². The Morgan fingerprint density at radius 3 is 2.07 bits per heavy atom. The molecule has 0 bridgehead atoms. The molecule has 2 aromatic rings. The van der Waals surface area contributed by atoms with Crippen molar-refractivity contribution in [2.24, 2.45) is 0 Å². The zero-order valence-electron chi connectivity index (χ0n) is 30.9. The van der Waals surface area contributed by atoms with Gasteiger partial charge < -0.3 is 45.1 Å². The van der Waals surface area contributed by atoms with Gasteiger partial charge in [-0.05, 0) is 25.2 Å². The molecule has 12 atom stereocenters. The smallest absolute Gasteiger partial charge is 0.389 e. The van der Waals surface area contributed by atoms with E-state index in [1.165, 1.54) is 44.0 Å². The maximum Gasteiger partial charge on any atom is 0.389 e. The first-order valence-electron chi connectivity index (χ1n) is 17.7. The van der Waals surface area contributed by atoms with Crippen LogP contribution in [-0.2, 0) is 32.6 Å². The fourth-order valence-corrected chi connectivity index (χ4v) is 11.7. The highest BCUT2D eigenvalue weighted by Gasteiger charge is 2.46. The van der Waals surface area contributed by atoms with Gasteiger partial charge in [-0.1, -0.05) is 33.7 Å². The first-order chi connectivity index (χ1) is 27.0. The predicted molar refractivity (Wildman–Crippen MR) is 208 cm³/mol. The third-order valence-electron chi connectivity index (χ3n) is 9.21. The fourth-order valence-electron chi connectivity index (χ4n) is 6.18. The monoisotopic (exact) mass is 883 g/mol. The summed E-state index contributed by atoms with van der Waals surface area (Å²) in [6, 6.07) is -0.953. The minimum Gasteiger partial charge on any atom is -0.394 e. The summed E-state index contributed by atoms with van der Waals surface area (Å²) in [6.07, 6.45) is -4.32. The normalized spacial score (nSPS) is 31.5. The number of aliphatic hydroxyl groups excluding tert-OH is 5. The summed E-state index contributed by atoms with van der Waals surface area (Å²) in [4.78, 5) is 64.9. The summed E-state index contributed by atoms with van der Waals surface area (Å²) < 4.78 is 46.0. The minimum absolute atomic E-state index is 0.0497. The van der Waals surface area contributed by atoms with Gasteiger partial charge in [0.25, 0.3) is 11.1 Å². The number of carbonyl (C=O) groups is 1. The van der Waals surface area contributed by atoms with Gasteiger partial charge in [0.15, 0.2) is 0 Å². The van der Waals surface area contributed by atoms with Crippen molar-refractivity contribution in [1.29, 1.82) is 0 Å². The van der Waals surface area contributed by atoms with Gasteiger partial charge in [0.05, 0.1) is 32.0 Å². The SMILES string of the molecule is CC(=O)NC1C(SSC/C=C\CSP(=O)(OC[C@H]2O[C@@H](n3cc(C)c(=O)[nH]c3=O)CC2O)OC2C[C@H](n3cc(C)c(=O)[nH]c3=O)O[C@@H]2CO)OC(CO)C(O)C1O. The molecule has 5 rings (SSSR count). The number of aromatic amines is 2. The molecule has 0 spiro atoms. The van der Waals surface area contributed by atoms with Crippen molar-refractivity contribution < 1.29 is 58.2 Å². The van der Waals surface area contributed by atoms with Crippen molar-refractivity contribution in [3.05, 3.63) is 77.3 Å². The number of aryl methyl sites for hydroxylation is 2. The number of ether oxygens (including phenoxy) is 3. The summed E-state index contributed by atoms with van der Waals surface area (Å²) in [5, 5.41) is 53.8. The Bertz CT molecular complexity index is 2030. The van der Waals surface area contributed by atoms with Crippen molar-refractivity contribution in [1.82, 2.24) is 24.4 Å². The van der Waals surface area contributed by atoms with Gasteiger partial charge in [-0.25, -0.2) is 14.2 Å². The van der Waals surface area contributed by atoms with Crippen LogP contribution in [0.1, 0.15) is 43.3 Å². The van der Waals surface area contributed by atoms with E-state index in [0.29, 0.717) is 5.75 Å². The molecule has 5 heterocycles. The Kier molecular flexibility index (Phi) is 16.1. The van der Waals surface area contributed by atoms with Crippen LogP contribution in [0.25, 0.3) is 0 Å². The van der Waals surface area contributed by atoms with E-state index >= 15 is 0 Å². The number of nitrogens with one attached hydrogen (secondary N) is 3. The van der Waals surface area contributed by atoms with Crippen LogP contribution >= 0.6 is 39.8 Å². The van der Waals surface area contributed by atoms with Crippen molar-refractivity contribution >= 4 is 45.7 Å². The molecule has 1 amide bonds. The highest BCUT2D eigenvalue weighted by Crippen LogP contribution is 2.63. The zero-order valence-corrected chi connectivity index (χ0v) is 34.2. The van der Waals surface area contributed by atoms with E-state index in [4.69, 9.17) is 23.3 Å². The molecule has 3 fully saturated rings. The van der Waals surface area contributed by atoms with Gasteiger partial charge in [0.1, 0.15) is 54.5 Å². The second-order valence-corrected chi connectivity index (χ2v) is 20.0.